The first-order valence-corrected chi connectivity index (χ1v) is 9.91. The van der Waals surface area contributed by atoms with Crippen molar-refractivity contribution in [3.8, 4) is 17.5 Å². The molecule has 162 valence electrons. The van der Waals surface area contributed by atoms with Crippen LogP contribution in [0.15, 0.2) is 64.4 Å². The van der Waals surface area contributed by atoms with Crippen molar-refractivity contribution in [2.45, 2.75) is 13.1 Å². The average molecular weight is 431 g/mol. The molecule has 0 amide bonds. The number of methoxy groups -OCH3 is 2. The highest BCUT2D eigenvalue weighted by Gasteiger charge is 2.21. The fraction of sp³-hybridized carbons (Fsp3) is 0.217. The fourth-order valence-corrected chi connectivity index (χ4v) is 3.66. The number of nitriles is 1. The SMILES string of the molecule is COCCn1c(=O)c2c(ncn2Cc2ccccc2C#N)n(-c2ccccc2OC)c1=O. The number of hydrogen-bond acceptors (Lipinski definition) is 6. The molecule has 0 unspecified atom stereocenters. The Morgan fingerprint density at radius 2 is 1.81 bits per heavy atom. The van der Waals surface area contributed by atoms with E-state index in [9.17, 15) is 14.9 Å². The molecule has 2 aromatic carbocycles. The lowest BCUT2D eigenvalue weighted by Crippen LogP contribution is -2.41. The van der Waals surface area contributed by atoms with Crippen LogP contribution < -0.4 is 16.0 Å². The van der Waals surface area contributed by atoms with Gasteiger partial charge < -0.3 is 14.0 Å². The number of nitrogens with zero attached hydrogens (tertiary/aromatic N) is 5. The van der Waals surface area contributed by atoms with Crippen molar-refractivity contribution in [2.75, 3.05) is 20.8 Å². The first kappa shape index (κ1) is 21.1. The molecule has 0 saturated carbocycles. The zero-order valence-electron chi connectivity index (χ0n) is 17.7. The van der Waals surface area contributed by atoms with Gasteiger partial charge >= 0.3 is 5.69 Å². The van der Waals surface area contributed by atoms with Crippen LogP contribution in [0.4, 0.5) is 0 Å². The van der Waals surface area contributed by atoms with E-state index in [1.165, 1.54) is 25.1 Å². The van der Waals surface area contributed by atoms with E-state index in [4.69, 9.17) is 9.47 Å². The molecule has 0 saturated heterocycles. The number of fused-ring (bicyclic) bond motifs is 1. The molecule has 0 fully saturated rings. The number of para-hydroxylation sites is 2. The summed E-state index contributed by atoms with van der Waals surface area (Å²) >= 11 is 0. The third kappa shape index (κ3) is 3.57. The Hall–Kier alpha value is -4.16. The lowest BCUT2D eigenvalue weighted by molar-refractivity contribution is 0.184. The van der Waals surface area contributed by atoms with Crippen LogP contribution in [0.25, 0.3) is 16.9 Å². The predicted octanol–water partition coefficient (Wildman–Crippen LogP) is 1.92. The number of hydrogen-bond donors (Lipinski definition) is 0. The lowest BCUT2D eigenvalue weighted by atomic mass is 10.1. The summed E-state index contributed by atoms with van der Waals surface area (Å²) in [6.07, 6.45) is 1.51. The van der Waals surface area contributed by atoms with E-state index < -0.39 is 11.2 Å². The van der Waals surface area contributed by atoms with Gasteiger partial charge in [-0.3, -0.25) is 9.36 Å². The normalized spacial score (nSPS) is 10.9. The predicted molar refractivity (Wildman–Crippen MR) is 118 cm³/mol. The Bertz CT molecular complexity index is 1440. The molecule has 9 heteroatoms. The monoisotopic (exact) mass is 431 g/mol. The Kier molecular flexibility index (Phi) is 5.87. The van der Waals surface area contributed by atoms with Crippen molar-refractivity contribution in [1.29, 1.82) is 5.26 Å². The Balaban J connectivity index is 2.02. The van der Waals surface area contributed by atoms with Gasteiger partial charge in [0.2, 0.25) is 0 Å². The van der Waals surface area contributed by atoms with Crippen LogP contribution in [-0.4, -0.2) is 39.5 Å². The van der Waals surface area contributed by atoms with E-state index in [0.29, 0.717) is 17.0 Å². The Morgan fingerprint density at radius 1 is 1.06 bits per heavy atom. The third-order valence-electron chi connectivity index (χ3n) is 5.22. The molecule has 2 aromatic heterocycles. The molecule has 4 aromatic rings. The largest absolute Gasteiger partial charge is 0.495 e. The van der Waals surface area contributed by atoms with Crippen molar-refractivity contribution >= 4 is 11.2 Å². The minimum Gasteiger partial charge on any atom is -0.495 e. The van der Waals surface area contributed by atoms with E-state index in [0.717, 1.165) is 10.1 Å². The smallest absolute Gasteiger partial charge is 0.337 e. The molecule has 0 radical (unpaired) electrons. The van der Waals surface area contributed by atoms with Crippen LogP contribution in [-0.2, 0) is 17.8 Å². The zero-order chi connectivity index (χ0) is 22.7. The summed E-state index contributed by atoms with van der Waals surface area (Å²) in [4.78, 5) is 31.1. The van der Waals surface area contributed by atoms with Crippen LogP contribution in [0.3, 0.4) is 0 Å². The summed E-state index contributed by atoms with van der Waals surface area (Å²) in [5.41, 5.74) is 1.18. The molecule has 2 heterocycles. The van der Waals surface area contributed by atoms with E-state index in [-0.39, 0.29) is 30.9 Å². The van der Waals surface area contributed by atoms with Crippen LogP contribution in [0, 0.1) is 11.3 Å². The average Bonchev–Trinajstić information content (AvgIpc) is 3.23. The van der Waals surface area contributed by atoms with Crippen LogP contribution >= 0.6 is 0 Å². The number of aromatic nitrogens is 4. The second kappa shape index (κ2) is 8.91. The summed E-state index contributed by atoms with van der Waals surface area (Å²) in [5.74, 6) is 0.470. The van der Waals surface area contributed by atoms with Crippen molar-refractivity contribution in [3.63, 3.8) is 0 Å². The molecule has 0 atom stereocenters. The van der Waals surface area contributed by atoms with Gasteiger partial charge in [-0.05, 0) is 23.8 Å². The molecular weight excluding hydrogens is 410 g/mol. The Labute approximate surface area is 183 Å². The van der Waals surface area contributed by atoms with E-state index in [1.807, 2.05) is 12.1 Å². The molecule has 0 aliphatic carbocycles. The quantitative estimate of drug-likeness (QED) is 0.443. The number of rotatable bonds is 7. The first-order valence-electron chi connectivity index (χ1n) is 9.91. The van der Waals surface area contributed by atoms with Gasteiger partial charge in [0.1, 0.15) is 5.75 Å². The molecule has 0 aliphatic rings. The molecule has 0 bridgehead atoms. The zero-order valence-corrected chi connectivity index (χ0v) is 17.7. The fourth-order valence-electron chi connectivity index (χ4n) is 3.66. The van der Waals surface area contributed by atoms with Crippen molar-refractivity contribution in [2.24, 2.45) is 0 Å². The highest BCUT2D eigenvalue weighted by molar-refractivity contribution is 5.73. The van der Waals surface area contributed by atoms with Gasteiger partial charge in [0.25, 0.3) is 5.56 Å². The van der Waals surface area contributed by atoms with Crippen LogP contribution in [0.5, 0.6) is 5.75 Å². The van der Waals surface area contributed by atoms with Gasteiger partial charge in [-0.15, -0.1) is 0 Å². The minimum atomic E-state index is -0.535. The van der Waals surface area contributed by atoms with Crippen molar-refractivity contribution in [1.82, 2.24) is 18.7 Å². The summed E-state index contributed by atoms with van der Waals surface area (Å²) in [5, 5.41) is 9.43. The summed E-state index contributed by atoms with van der Waals surface area (Å²) in [6, 6.07) is 16.4. The Morgan fingerprint density at radius 3 is 2.56 bits per heavy atom. The van der Waals surface area contributed by atoms with Gasteiger partial charge in [0, 0.05) is 7.11 Å². The lowest BCUT2D eigenvalue weighted by Gasteiger charge is -2.15. The standard InChI is InChI=1S/C23H21N5O4/c1-31-12-11-27-22(29)20-21(28(23(27)30)18-9-5-6-10-19(18)32-2)25-15-26(20)14-17-8-4-3-7-16(17)13-24/h3-10,15H,11-12,14H2,1-2H3. The third-order valence-corrected chi connectivity index (χ3v) is 5.22. The number of ether oxygens (including phenoxy) is 2. The van der Waals surface area contributed by atoms with E-state index in [2.05, 4.69) is 11.1 Å². The van der Waals surface area contributed by atoms with Crippen LogP contribution in [0.1, 0.15) is 11.1 Å². The van der Waals surface area contributed by atoms with Crippen molar-refractivity contribution < 1.29 is 9.47 Å². The molecule has 32 heavy (non-hydrogen) atoms. The molecule has 9 nitrogen and oxygen atoms in total. The van der Waals surface area contributed by atoms with Crippen molar-refractivity contribution in [3.05, 3.63) is 86.8 Å². The first-order chi connectivity index (χ1) is 15.6. The van der Waals surface area contributed by atoms with Gasteiger partial charge in [-0.2, -0.15) is 5.26 Å². The highest BCUT2D eigenvalue weighted by atomic mass is 16.5. The van der Waals surface area contributed by atoms with E-state index >= 15 is 0 Å². The van der Waals surface area contributed by atoms with Gasteiger partial charge in [0.15, 0.2) is 11.2 Å². The topological polar surface area (TPSA) is 104 Å². The minimum absolute atomic E-state index is 0.0826. The second-order valence-electron chi connectivity index (χ2n) is 7.05. The maximum atomic E-state index is 13.4. The molecule has 0 N–H and O–H groups in total. The molecule has 4 rings (SSSR count). The summed E-state index contributed by atoms with van der Waals surface area (Å²) < 4.78 is 14.7. The summed E-state index contributed by atoms with van der Waals surface area (Å²) in [6.45, 7) is 0.529. The van der Waals surface area contributed by atoms with Crippen LogP contribution in [0.2, 0.25) is 0 Å². The van der Waals surface area contributed by atoms with Gasteiger partial charge in [-0.25, -0.2) is 14.3 Å². The summed E-state index contributed by atoms with van der Waals surface area (Å²) in [7, 11) is 3.02. The maximum Gasteiger partial charge on any atom is 0.337 e. The number of benzene rings is 2. The molecule has 0 spiro atoms. The number of imidazole rings is 1. The second-order valence-corrected chi connectivity index (χ2v) is 7.05. The van der Waals surface area contributed by atoms with Gasteiger partial charge in [0.05, 0.1) is 50.5 Å². The molecular formula is C23H21N5O4. The van der Waals surface area contributed by atoms with Gasteiger partial charge in [-0.1, -0.05) is 30.3 Å². The molecule has 0 aliphatic heterocycles. The highest BCUT2D eigenvalue weighted by Crippen LogP contribution is 2.23. The van der Waals surface area contributed by atoms with E-state index in [1.54, 1.807) is 41.0 Å². The maximum absolute atomic E-state index is 13.4.